The number of halogens is 4. The molecule has 0 saturated carbocycles. The summed E-state index contributed by atoms with van der Waals surface area (Å²) in [6.45, 7) is 0.869. The van der Waals surface area contributed by atoms with Crippen LogP contribution in [-0.4, -0.2) is 40.4 Å². The van der Waals surface area contributed by atoms with Crippen molar-refractivity contribution >= 4 is 17.5 Å². The van der Waals surface area contributed by atoms with Crippen LogP contribution in [0.25, 0.3) is 11.1 Å². The Balaban J connectivity index is 1.71. The van der Waals surface area contributed by atoms with Crippen LogP contribution in [0.4, 0.5) is 13.2 Å². The fraction of sp³-hybridized carbons (Fsp3) is 0.320. The van der Waals surface area contributed by atoms with Gasteiger partial charge in [-0.15, -0.1) is 0 Å². The van der Waals surface area contributed by atoms with Gasteiger partial charge in [0.2, 0.25) is 0 Å². The number of carbonyl (C=O) groups excluding carboxylic acids is 1. The second kappa shape index (κ2) is 10.1. The molecule has 0 unspecified atom stereocenters. The van der Waals surface area contributed by atoms with Crippen LogP contribution < -0.4 is 5.32 Å². The number of likely N-dealkylation sites (tertiary alicyclic amines) is 1. The van der Waals surface area contributed by atoms with Crippen LogP contribution in [0.1, 0.15) is 46.8 Å². The molecule has 2 aromatic carbocycles. The van der Waals surface area contributed by atoms with E-state index in [-0.39, 0.29) is 11.6 Å². The Kier molecular flexibility index (Phi) is 7.19. The van der Waals surface area contributed by atoms with Gasteiger partial charge in [0, 0.05) is 24.0 Å². The van der Waals surface area contributed by atoms with Gasteiger partial charge < -0.3 is 10.2 Å². The second-order valence-corrected chi connectivity index (χ2v) is 8.79. The number of hydrogen-bond acceptors (Lipinski definition) is 4. The second-order valence-electron chi connectivity index (χ2n) is 8.41. The van der Waals surface area contributed by atoms with E-state index in [2.05, 4.69) is 20.2 Å². The van der Waals surface area contributed by atoms with E-state index in [0.29, 0.717) is 0 Å². The summed E-state index contributed by atoms with van der Waals surface area (Å²) in [4.78, 5) is 23.5. The molecule has 1 amide bonds. The predicted molar refractivity (Wildman–Crippen MR) is 124 cm³/mol. The zero-order chi connectivity index (χ0) is 24.3. The van der Waals surface area contributed by atoms with E-state index in [0.717, 1.165) is 48.6 Å². The molecule has 4 rings (SSSR count). The third-order valence-corrected chi connectivity index (χ3v) is 6.59. The topological polar surface area (TPSA) is 58.1 Å². The van der Waals surface area contributed by atoms with Crippen LogP contribution >= 0.6 is 11.6 Å². The van der Waals surface area contributed by atoms with E-state index in [1.54, 1.807) is 12.4 Å². The molecule has 0 radical (unpaired) electrons. The van der Waals surface area contributed by atoms with Crippen molar-refractivity contribution < 1.29 is 18.0 Å². The Labute approximate surface area is 201 Å². The monoisotopic (exact) mass is 488 g/mol. The van der Waals surface area contributed by atoms with E-state index < -0.39 is 28.7 Å². The highest BCUT2D eigenvalue weighted by atomic mass is 35.5. The zero-order valence-corrected chi connectivity index (χ0v) is 19.3. The zero-order valence-electron chi connectivity index (χ0n) is 18.5. The van der Waals surface area contributed by atoms with Crippen LogP contribution in [0.2, 0.25) is 5.02 Å². The van der Waals surface area contributed by atoms with Crippen molar-refractivity contribution in [2.24, 2.45) is 0 Å². The summed E-state index contributed by atoms with van der Waals surface area (Å²) < 4.78 is 40.0. The van der Waals surface area contributed by atoms with Crippen molar-refractivity contribution in [3.63, 3.8) is 0 Å². The molecule has 1 saturated heterocycles. The molecule has 34 heavy (non-hydrogen) atoms. The Bertz CT molecular complexity index is 1160. The number of hydrogen-bond donors (Lipinski definition) is 1. The molecule has 0 spiro atoms. The highest BCUT2D eigenvalue weighted by Crippen LogP contribution is 2.37. The Morgan fingerprint density at radius 3 is 2.56 bits per heavy atom. The van der Waals surface area contributed by atoms with Crippen molar-refractivity contribution in [3.05, 3.63) is 82.9 Å². The van der Waals surface area contributed by atoms with Crippen molar-refractivity contribution in [1.29, 1.82) is 0 Å². The summed E-state index contributed by atoms with van der Waals surface area (Å²) in [7, 11) is 2.00. The molecule has 2 atom stereocenters. The van der Waals surface area contributed by atoms with Gasteiger partial charge in [-0.1, -0.05) is 42.3 Å². The maximum absolute atomic E-state index is 13.3. The average Bonchev–Trinajstić information content (AvgIpc) is 2.83. The molecule has 0 bridgehead atoms. The number of amides is 1. The normalized spacial score (nSPS) is 17.9. The number of benzene rings is 2. The average molecular weight is 489 g/mol. The third kappa shape index (κ3) is 5.23. The van der Waals surface area contributed by atoms with Crippen molar-refractivity contribution in [2.75, 3.05) is 13.6 Å². The molecule has 3 aromatic rings. The molecule has 0 aliphatic carbocycles. The minimum atomic E-state index is -4.65. The summed E-state index contributed by atoms with van der Waals surface area (Å²) in [6.07, 6.45) is 3.10. The van der Waals surface area contributed by atoms with E-state index in [4.69, 9.17) is 11.6 Å². The lowest BCUT2D eigenvalue weighted by molar-refractivity contribution is -0.137. The quantitative estimate of drug-likeness (QED) is 0.495. The first-order chi connectivity index (χ1) is 16.3. The van der Waals surface area contributed by atoms with E-state index >= 15 is 0 Å². The van der Waals surface area contributed by atoms with Crippen molar-refractivity contribution in [2.45, 2.75) is 37.5 Å². The van der Waals surface area contributed by atoms with Crippen LogP contribution in [0.3, 0.4) is 0 Å². The van der Waals surface area contributed by atoms with Gasteiger partial charge in [-0.3, -0.25) is 4.79 Å². The lowest BCUT2D eigenvalue weighted by atomic mass is 9.89. The lowest BCUT2D eigenvalue weighted by Crippen LogP contribution is -2.47. The Morgan fingerprint density at radius 2 is 1.85 bits per heavy atom. The minimum absolute atomic E-state index is 0.0236. The first kappa shape index (κ1) is 24.2. The molecule has 5 nitrogen and oxygen atoms in total. The van der Waals surface area contributed by atoms with Gasteiger partial charge in [-0.25, -0.2) is 9.97 Å². The van der Waals surface area contributed by atoms with Crippen LogP contribution in [0.5, 0.6) is 0 Å². The van der Waals surface area contributed by atoms with Crippen molar-refractivity contribution in [3.8, 4) is 11.1 Å². The predicted octanol–water partition coefficient (Wildman–Crippen LogP) is 5.77. The van der Waals surface area contributed by atoms with Gasteiger partial charge in [0.15, 0.2) is 0 Å². The highest BCUT2D eigenvalue weighted by molar-refractivity contribution is 6.34. The molecule has 2 heterocycles. The third-order valence-electron chi connectivity index (χ3n) is 6.19. The van der Waals surface area contributed by atoms with Gasteiger partial charge >= 0.3 is 6.18 Å². The van der Waals surface area contributed by atoms with E-state index in [1.807, 2.05) is 31.3 Å². The number of carbonyl (C=O) groups is 1. The molecule has 1 fully saturated rings. The van der Waals surface area contributed by atoms with Gasteiger partial charge in [0.1, 0.15) is 6.33 Å². The van der Waals surface area contributed by atoms with Crippen LogP contribution in [0.15, 0.2) is 61.2 Å². The summed E-state index contributed by atoms with van der Waals surface area (Å²) in [6, 6.07) is 10.6. The smallest absolute Gasteiger partial charge is 0.344 e. The highest BCUT2D eigenvalue weighted by Gasteiger charge is 2.36. The fourth-order valence-electron chi connectivity index (χ4n) is 4.43. The minimum Gasteiger partial charge on any atom is -0.344 e. The number of likely N-dealkylation sites (N-methyl/N-ethyl adjacent to an activating group) is 1. The van der Waals surface area contributed by atoms with Gasteiger partial charge in [0.25, 0.3) is 5.91 Å². The molecule has 1 N–H and O–H groups in total. The number of aromatic nitrogens is 2. The first-order valence-corrected chi connectivity index (χ1v) is 11.4. The first-order valence-electron chi connectivity index (χ1n) is 11.0. The SMILES string of the molecule is CN1CCCC[C@H]1[C@@H](NC(=O)c1cccc(C(F)(F)F)c1Cl)c1cccc(-c2cncnc2)c1. The summed E-state index contributed by atoms with van der Waals surface area (Å²) in [5.74, 6) is -0.645. The van der Waals surface area contributed by atoms with Gasteiger partial charge in [-0.05, 0) is 55.8 Å². The van der Waals surface area contributed by atoms with Crippen molar-refractivity contribution in [1.82, 2.24) is 20.2 Å². The molecule has 1 aliphatic heterocycles. The van der Waals surface area contributed by atoms with Gasteiger partial charge in [-0.2, -0.15) is 13.2 Å². The van der Waals surface area contributed by atoms with Crippen LogP contribution in [0, 0.1) is 0 Å². The summed E-state index contributed by atoms with van der Waals surface area (Å²) >= 11 is 6.03. The maximum Gasteiger partial charge on any atom is 0.417 e. The van der Waals surface area contributed by atoms with E-state index in [1.165, 1.54) is 18.5 Å². The standard InChI is InChI=1S/C25H24ClF3N4O/c1-33-11-3-2-10-21(33)23(17-7-4-6-16(12-17)18-13-30-15-31-14-18)32-24(34)19-8-5-9-20(22(19)26)25(27,28)29/h4-9,12-15,21,23H,2-3,10-11H2,1H3,(H,32,34)/t21-,23-/m0/s1. The number of piperidine rings is 1. The Morgan fingerprint density at radius 1 is 1.12 bits per heavy atom. The number of nitrogens with zero attached hydrogens (tertiary/aromatic N) is 3. The fourth-order valence-corrected chi connectivity index (χ4v) is 4.75. The lowest BCUT2D eigenvalue weighted by Gasteiger charge is -2.39. The Hall–Kier alpha value is -2.97. The molecule has 1 aromatic heterocycles. The molecule has 9 heteroatoms. The number of nitrogens with one attached hydrogen (secondary N) is 1. The van der Waals surface area contributed by atoms with Gasteiger partial charge in [0.05, 0.1) is 22.2 Å². The van der Waals surface area contributed by atoms with Crippen LogP contribution in [-0.2, 0) is 6.18 Å². The molecule has 1 aliphatic rings. The number of rotatable bonds is 5. The maximum atomic E-state index is 13.3. The largest absolute Gasteiger partial charge is 0.417 e. The number of alkyl halides is 3. The summed E-state index contributed by atoms with van der Waals surface area (Å²) in [5, 5.41) is 2.39. The molecule has 178 valence electrons. The van der Waals surface area contributed by atoms with E-state index in [9.17, 15) is 18.0 Å². The summed E-state index contributed by atoms with van der Waals surface area (Å²) in [5.41, 5.74) is 1.32. The molecular weight excluding hydrogens is 465 g/mol. The molecular formula is C25H24ClF3N4O.